The first kappa shape index (κ1) is 46.2. The van der Waals surface area contributed by atoms with Crippen LogP contribution >= 0.6 is 24.0 Å². The minimum atomic E-state index is -1.28. The van der Waals surface area contributed by atoms with Crippen LogP contribution in [-0.2, 0) is 70.3 Å². The van der Waals surface area contributed by atoms with E-state index in [-0.39, 0.29) is 37.7 Å². The van der Waals surface area contributed by atoms with Crippen LogP contribution in [0.3, 0.4) is 0 Å². The Kier molecular flexibility index (Phi) is 17.0. The Balaban J connectivity index is 1.26. The van der Waals surface area contributed by atoms with Gasteiger partial charge in [0, 0.05) is 75.9 Å². The third-order valence-electron chi connectivity index (χ3n) is 9.44. The zero-order chi connectivity index (χ0) is 43.3. The monoisotopic (exact) mass is 866 g/mol. The van der Waals surface area contributed by atoms with Crippen LogP contribution in [-0.4, -0.2) is 88.9 Å². The molecule has 60 heavy (non-hydrogen) atoms. The van der Waals surface area contributed by atoms with Crippen molar-refractivity contribution >= 4 is 64.4 Å². The SMILES string of the molecule is CC(=O)Nc1ccc(SCC2CC(c3ccc(CO)cc3)OC(c3ccc(CNC(=S)CC4OC(COC(C)=O)C(OC(C)=O)C(OC(C)=O)C4OC(C)=O)cc3)O2)cc1. The minimum absolute atomic E-state index is 0.00969. The molecule has 1 amide bonds. The molecule has 2 fully saturated rings. The van der Waals surface area contributed by atoms with E-state index in [1.807, 2.05) is 72.8 Å². The number of amides is 1. The van der Waals surface area contributed by atoms with Crippen molar-refractivity contribution in [3.8, 4) is 0 Å². The number of carbonyl (C=O) groups excluding carboxylic acids is 5. The van der Waals surface area contributed by atoms with Crippen molar-refractivity contribution in [3.05, 3.63) is 95.1 Å². The number of anilines is 1. The van der Waals surface area contributed by atoms with Gasteiger partial charge in [-0.25, -0.2) is 0 Å². The average molecular weight is 867 g/mol. The molecule has 0 radical (unpaired) electrons. The standard InChI is InChI=1S/C43H50N2O13S2/c1-24(47)45-33-14-16-35(17-15-33)60-23-34-18-36(31-10-8-30(21-46)9-11-31)58-43(56-34)32-12-6-29(7-13-32)20-44-39(59)19-37-40(53-26(3)49)42(55-28(5)51)41(54-27(4)50)38(57-37)22-52-25(2)48/h6-17,34,36-38,40-43,46H,18-23H2,1-5H3,(H,44,59)(H,45,47). The molecule has 0 aliphatic carbocycles. The summed E-state index contributed by atoms with van der Waals surface area (Å²) in [6, 6.07) is 23.0. The molecule has 0 saturated carbocycles. The number of thioether (sulfide) groups is 1. The lowest BCUT2D eigenvalue weighted by atomic mass is 9.92. The van der Waals surface area contributed by atoms with Crippen LogP contribution in [0, 0.1) is 0 Å². The second kappa shape index (κ2) is 22.1. The zero-order valence-electron chi connectivity index (χ0n) is 34.0. The summed E-state index contributed by atoms with van der Waals surface area (Å²) in [6.07, 6.45) is -6.27. The van der Waals surface area contributed by atoms with Crippen LogP contribution in [0.5, 0.6) is 0 Å². The van der Waals surface area contributed by atoms with Crippen molar-refractivity contribution < 1.29 is 62.2 Å². The molecule has 322 valence electrons. The van der Waals surface area contributed by atoms with Crippen LogP contribution in [0.15, 0.2) is 77.7 Å². The molecular formula is C43H50N2O13S2. The number of hydrogen-bond acceptors (Lipinski definition) is 15. The van der Waals surface area contributed by atoms with Gasteiger partial charge in [0.25, 0.3) is 0 Å². The second-order valence-electron chi connectivity index (χ2n) is 14.3. The number of ether oxygens (including phenoxy) is 7. The molecule has 15 nitrogen and oxygen atoms in total. The summed E-state index contributed by atoms with van der Waals surface area (Å²) in [7, 11) is 0. The van der Waals surface area contributed by atoms with E-state index in [4.69, 9.17) is 45.4 Å². The molecule has 3 N–H and O–H groups in total. The van der Waals surface area contributed by atoms with E-state index in [0.29, 0.717) is 23.7 Å². The van der Waals surface area contributed by atoms with Crippen molar-refractivity contribution in [2.75, 3.05) is 17.7 Å². The van der Waals surface area contributed by atoms with Crippen LogP contribution in [0.25, 0.3) is 0 Å². The first-order valence-corrected chi connectivity index (χ1v) is 20.7. The van der Waals surface area contributed by atoms with Gasteiger partial charge in [0.2, 0.25) is 5.91 Å². The minimum Gasteiger partial charge on any atom is -0.463 e. The molecule has 3 aromatic rings. The Labute approximate surface area is 358 Å². The number of carbonyl (C=O) groups is 5. The maximum atomic E-state index is 12.2. The van der Waals surface area contributed by atoms with Crippen LogP contribution in [0.4, 0.5) is 5.69 Å². The summed E-state index contributed by atoms with van der Waals surface area (Å²) in [5.41, 5.74) is 4.19. The Morgan fingerprint density at radius 1 is 0.717 bits per heavy atom. The number of aliphatic hydroxyl groups excluding tert-OH is 1. The Morgan fingerprint density at radius 3 is 1.88 bits per heavy atom. The Bertz CT molecular complexity index is 1960. The second-order valence-corrected chi connectivity index (χ2v) is 15.9. The molecule has 5 rings (SSSR count). The molecule has 8 atom stereocenters. The number of hydrogen-bond donors (Lipinski definition) is 3. The third-order valence-corrected chi connectivity index (χ3v) is 10.9. The van der Waals surface area contributed by atoms with Crippen LogP contribution in [0.1, 0.15) is 82.1 Å². The maximum Gasteiger partial charge on any atom is 0.303 e. The lowest BCUT2D eigenvalue weighted by Crippen LogP contribution is -2.62. The predicted molar refractivity (Wildman–Crippen MR) is 222 cm³/mol. The quantitative estimate of drug-likeness (QED) is 0.0716. The van der Waals surface area contributed by atoms with Gasteiger partial charge in [0.1, 0.15) is 18.8 Å². The number of rotatable bonds is 16. The molecule has 0 spiro atoms. The third kappa shape index (κ3) is 13.8. The van der Waals surface area contributed by atoms with Crippen LogP contribution in [0.2, 0.25) is 0 Å². The van der Waals surface area contributed by atoms with Crippen molar-refractivity contribution in [1.82, 2.24) is 5.32 Å². The lowest BCUT2D eigenvalue weighted by molar-refractivity contribution is -0.251. The number of aliphatic hydroxyl groups is 1. The molecule has 17 heteroatoms. The van der Waals surface area contributed by atoms with Crippen molar-refractivity contribution in [2.45, 2.75) is 115 Å². The van der Waals surface area contributed by atoms with E-state index in [9.17, 15) is 29.1 Å². The highest BCUT2D eigenvalue weighted by atomic mass is 32.2. The van der Waals surface area contributed by atoms with E-state index in [1.54, 1.807) is 11.8 Å². The molecule has 2 saturated heterocycles. The highest BCUT2D eigenvalue weighted by Gasteiger charge is 2.52. The first-order chi connectivity index (χ1) is 28.7. The molecule has 0 aromatic heterocycles. The first-order valence-electron chi connectivity index (χ1n) is 19.3. The summed E-state index contributed by atoms with van der Waals surface area (Å²) in [4.78, 5) is 61.0. The summed E-state index contributed by atoms with van der Waals surface area (Å²) >= 11 is 7.34. The topological polar surface area (TPSA) is 194 Å². The maximum absolute atomic E-state index is 12.2. The fourth-order valence-electron chi connectivity index (χ4n) is 6.78. The average Bonchev–Trinajstić information content (AvgIpc) is 3.20. The Hall–Kier alpha value is -4.91. The smallest absolute Gasteiger partial charge is 0.303 e. The number of nitrogens with one attached hydrogen (secondary N) is 2. The molecular weight excluding hydrogens is 817 g/mol. The summed E-state index contributed by atoms with van der Waals surface area (Å²) < 4.78 is 41.0. The van der Waals surface area contributed by atoms with E-state index < -0.39 is 60.7 Å². The van der Waals surface area contributed by atoms with E-state index >= 15 is 0 Å². The fraction of sp³-hybridized carbons (Fsp3) is 0.442. The summed E-state index contributed by atoms with van der Waals surface area (Å²) in [5, 5.41) is 15.6. The lowest BCUT2D eigenvalue weighted by Gasteiger charge is -2.44. The molecule has 8 unspecified atom stereocenters. The molecule has 2 heterocycles. The number of thiocarbonyl (C=S) groups is 1. The van der Waals surface area contributed by atoms with Crippen molar-refractivity contribution in [2.24, 2.45) is 0 Å². The highest BCUT2D eigenvalue weighted by molar-refractivity contribution is 7.99. The molecule has 2 aliphatic rings. The zero-order valence-corrected chi connectivity index (χ0v) is 35.6. The molecule has 0 bridgehead atoms. The largest absolute Gasteiger partial charge is 0.463 e. The number of esters is 4. The van der Waals surface area contributed by atoms with Gasteiger partial charge in [-0.1, -0.05) is 60.7 Å². The van der Waals surface area contributed by atoms with E-state index in [2.05, 4.69) is 10.6 Å². The summed E-state index contributed by atoms with van der Waals surface area (Å²) in [5.74, 6) is -2.21. The van der Waals surface area contributed by atoms with Crippen molar-refractivity contribution in [1.29, 1.82) is 0 Å². The predicted octanol–water partition coefficient (Wildman–Crippen LogP) is 5.41. The summed E-state index contributed by atoms with van der Waals surface area (Å²) in [6.45, 7) is 6.11. The Morgan fingerprint density at radius 2 is 1.30 bits per heavy atom. The van der Waals surface area contributed by atoms with E-state index in [1.165, 1.54) is 20.8 Å². The normalized spacial score (nSPS) is 23.7. The van der Waals surface area contributed by atoms with Gasteiger partial charge >= 0.3 is 23.9 Å². The van der Waals surface area contributed by atoms with Gasteiger partial charge in [-0.05, 0) is 41.0 Å². The van der Waals surface area contributed by atoms with Gasteiger partial charge in [-0.3, -0.25) is 24.0 Å². The molecule has 2 aliphatic heterocycles. The van der Waals surface area contributed by atoms with Gasteiger partial charge < -0.3 is 48.9 Å². The van der Waals surface area contributed by atoms with Gasteiger partial charge in [-0.2, -0.15) is 0 Å². The molecule has 3 aromatic carbocycles. The van der Waals surface area contributed by atoms with Gasteiger partial charge in [0.05, 0.1) is 23.8 Å². The fourth-order valence-corrected chi connectivity index (χ4v) is 7.94. The highest BCUT2D eigenvalue weighted by Crippen LogP contribution is 2.40. The van der Waals surface area contributed by atoms with Gasteiger partial charge in [0.15, 0.2) is 24.6 Å². The van der Waals surface area contributed by atoms with Crippen LogP contribution < -0.4 is 10.6 Å². The van der Waals surface area contributed by atoms with E-state index in [0.717, 1.165) is 46.7 Å². The number of benzene rings is 3. The van der Waals surface area contributed by atoms with Gasteiger partial charge in [-0.15, -0.1) is 11.8 Å². The van der Waals surface area contributed by atoms with Crippen molar-refractivity contribution in [3.63, 3.8) is 0 Å².